The molecule has 0 aliphatic carbocycles. The molecule has 7 heteroatoms. The molecule has 0 fully saturated rings. The molecular formula is C22H19BrN2O4. The Balaban J connectivity index is 1.58. The van der Waals surface area contributed by atoms with Gasteiger partial charge in [-0.05, 0) is 54.6 Å². The molecule has 0 aliphatic rings. The molecule has 0 unspecified atom stereocenters. The van der Waals surface area contributed by atoms with Crippen molar-refractivity contribution in [2.24, 2.45) is 0 Å². The lowest BCUT2D eigenvalue weighted by Crippen LogP contribution is -2.20. The molecule has 0 heterocycles. The summed E-state index contributed by atoms with van der Waals surface area (Å²) in [6.07, 6.45) is 0. The number of ether oxygens (including phenoxy) is 2. The maximum Gasteiger partial charge on any atom is 0.262 e. The third-order valence-electron chi connectivity index (χ3n) is 3.94. The monoisotopic (exact) mass is 454 g/mol. The zero-order chi connectivity index (χ0) is 20.6. The number of hydrogen-bond donors (Lipinski definition) is 2. The van der Waals surface area contributed by atoms with Gasteiger partial charge in [0.15, 0.2) is 18.1 Å². The van der Waals surface area contributed by atoms with Crippen molar-refractivity contribution in [2.75, 3.05) is 24.4 Å². The first kappa shape index (κ1) is 20.4. The molecule has 29 heavy (non-hydrogen) atoms. The average molecular weight is 455 g/mol. The molecule has 0 radical (unpaired) electrons. The molecule has 2 amide bonds. The number of nitrogens with one attached hydrogen (secondary N) is 2. The zero-order valence-electron chi connectivity index (χ0n) is 15.6. The van der Waals surface area contributed by atoms with E-state index < -0.39 is 0 Å². The number of carbonyl (C=O) groups excluding carboxylic acids is 2. The average Bonchev–Trinajstić information content (AvgIpc) is 2.73. The van der Waals surface area contributed by atoms with Crippen molar-refractivity contribution in [3.05, 3.63) is 82.8 Å². The van der Waals surface area contributed by atoms with E-state index in [1.54, 1.807) is 66.7 Å². The van der Waals surface area contributed by atoms with Crippen LogP contribution < -0.4 is 20.1 Å². The number of halogens is 1. The smallest absolute Gasteiger partial charge is 0.262 e. The lowest BCUT2D eigenvalue weighted by Gasteiger charge is -2.11. The Bertz CT molecular complexity index is 1010. The van der Waals surface area contributed by atoms with Crippen molar-refractivity contribution < 1.29 is 19.1 Å². The van der Waals surface area contributed by atoms with Crippen molar-refractivity contribution in [1.82, 2.24) is 0 Å². The lowest BCUT2D eigenvalue weighted by atomic mass is 10.2. The van der Waals surface area contributed by atoms with Crippen LogP contribution in [0.25, 0.3) is 0 Å². The minimum Gasteiger partial charge on any atom is -0.493 e. The third kappa shape index (κ3) is 5.83. The van der Waals surface area contributed by atoms with Gasteiger partial charge in [-0.3, -0.25) is 9.59 Å². The Kier molecular flexibility index (Phi) is 6.86. The SMILES string of the molecule is COc1ccccc1OCC(=O)Nc1cccc(NC(=O)c2ccc(Br)cc2)c1. The predicted octanol–water partition coefficient (Wildman–Crippen LogP) is 4.73. The topological polar surface area (TPSA) is 76.7 Å². The number of methoxy groups -OCH3 is 1. The quantitative estimate of drug-likeness (QED) is 0.540. The van der Waals surface area contributed by atoms with Gasteiger partial charge in [-0.25, -0.2) is 0 Å². The molecule has 0 aliphatic heterocycles. The largest absolute Gasteiger partial charge is 0.493 e. The first-order chi connectivity index (χ1) is 14.0. The van der Waals surface area contributed by atoms with Crippen molar-refractivity contribution in [3.63, 3.8) is 0 Å². The lowest BCUT2D eigenvalue weighted by molar-refractivity contribution is -0.118. The van der Waals surface area contributed by atoms with Gasteiger partial charge in [0.2, 0.25) is 0 Å². The van der Waals surface area contributed by atoms with Crippen LogP contribution in [0.2, 0.25) is 0 Å². The van der Waals surface area contributed by atoms with Gasteiger partial charge >= 0.3 is 0 Å². The second-order valence-electron chi connectivity index (χ2n) is 6.03. The maximum atomic E-state index is 12.3. The minimum atomic E-state index is -0.327. The molecule has 0 saturated heterocycles. The first-order valence-electron chi connectivity index (χ1n) is 8.78. The molecule has 0 spiro atoms. The second-order valence-corrected chi connectivity index (χ2v) is 6.95. The molecule has 0 aromatic heterocycles. The molecule has 3 rings (SSSR count). The fraction of sp³-hybridized carbons (Fsp3) is 0.0909. The third-order valence-corrected chi connectivity index (χ3v) is 4.47. The summed E-state index contributed by atoms with van der Waals surface area (Å²) in [5.74, 6) is 0.478. The highest BCUT2D eigenvalue weighted by atomic mass is 79.9. The Morgan fingerprint density at radius 2 is 1.52 bits per heavy atom. The number of hydrogen-bond acceptors (Lipinski definition) is 4. The molecule has 0 saturated carbocycles. The Morgan fingerprint density at radius 1 is 0.862 bits per heavy atom. The highest BCUT2D eigenvalue weighted by Gasteiger charge is 2.09. The normalized spacial score (nSPS) is 10.1. The summed E-state index contributed by atoms with van der Waals surface area (Å²) in [4.78, 5) is 24.5. The van der Waals surface area contributed by atoms with Gasteiger partial charge in [0.05, 0.1) is 7.11 Å². The van der Waals surface area contributed by atoms with Gasteiger partial charge in [0, 0.05) is 21.4 Å². The summed E-state index contributed by atoms with van der Waals surface area (Å²) in [5, 5.41) is 5.56. The van der Waals surface area contributed by atoms with Gasteiger partial charge in [0.1, 0.15) is 0 Å². The first-order valence-corrected chi connectivity index (χ1v) is 9.57. The zero-order valence-corrected chi connectivity index (χ0v) is 17.2. The molecular weight excluding hydrogens is 436 g/mol. The standard InChI is InChI=1S/C22H19BrN2O4/c1-28-19-7-2-3-8-20(19)29-14-21(26)24-17-5-4-6-18(13-17)25-22(27)15-9-11-16(23)12-10-15/h2-13H,14H2,1H3,(H,24,26)(H,25,27). The number of amides is 2. The number of anilines is 2. The number of benzene rings is 3. The molecule has 148 valence electrons. The highest BCUT2D eigenvalue weighted by Crippen LogP contribution is 2.25. The van der Waals surface area contributed by atoms with Crippen molar-refractivity contribution in [2.45, 2.75) is 0 Å². The van der Waals surface area contributed by atoms with Crippen LogP contribution in [-0.4, -0.2) is 25.5 Å². The summed E-state index contributed by atoms with van der Waals surface area (Å²) >= 11 is 3.34. The Labute approximate surface area is 177 Å². The van der Waals surface area contributed by atoms with Crippen molar-refractivity contribution in [3.8, 4) is 11.5 Å². The van der Waals surface area contributed by atoms with Gasteiger partial charge in [0.25, 0.3) is 11.8 Å². The Morgan fingerprint density at radius 3 is 2.21 bits per heavy atom. The highest BCUT2D eigenvalue weighted by molar-refractivity contribution is 9.10. The van der Waals surface area contributed by atoms with Crippen LogP contribution in [0.15, 0.2) is 77.3 Å². The van der Waals surface area contributed by atoms with Gasteiger partial charge in [-0.15, -0.1) is 0 Å². The maximum absolute atomic E-state index is 12.3. The van der Waals surface area contributed by atoms with Crippen LogP contribution in [-0.2, 0) is 4.79 Å². The molecule has 2 N–H and O–H groups in total. The summed E-state index contributed by atoms with van der Waals surface area (Å²) in [6.45, 7) is -0.171. The van der Waals surface area contributed by atoms with Gasteiger partial charge < -0.3 is 20.1 Å². The fourth-order valence-electron chi connectivity index (χ4n) is 2.56. The molecule has 3 aromatic carbocycles. The minimum absolute atomic E-state index is 0.171. The summed E-state index contributed by atoms with van der Waals surface area (Å²) in [7, 11) is 1.54. The molecule has 3 aromatic rings. The molecule has 0 atom stereocenters. The van der Waals surface area contributed by atoms with E-state index in [2.05, 4.69) is 26.6 Å². The van der Waals surface area contributed by atoms with Crippen LogP contribution in [0.3, 0.4) is 0 Å². The fourth-order valence-corrected chi connectivity index (χ4v) is 2.82. The van der Waals surface area contributed by atoms with E-state index in [9.17, 15) is 9.59 Å². The van der Waals surface area contributed by atoms with Crippen molar-refractivity contribution in [1.29, 1.82) is 0 Å². The second kappa shape index (κ2) is 9.75. The van der Waals surface area contributed by atoms with Crippen LogP contribution in [0.4, 0.5) is 11.4 Å². The number of para-hydroxylation sites is 2. The van der Waals surface area contributed by atoms with E-state index >= 15 is 0 Å². The van der Waals surface area contributed by atoms with Crippen LogP contribution in [0.1, 0.15) is 10.4 Å². The van der Waals surface area contributed by atoms with Gasteiger partial charge in [-0.2, -0.15) is 0 Å². The van der Waals surface area contributed by atoms with Gasteiger partial charge in [-0.1, -0.05) is 34.1 Å². The van der Waals surface area contributed by atoms with E-state index in [1.807, 2.05) is 6.07 Å². The molecule has 6 nitrogen and oxygen atoms in total. The predicted molar refractivity (Wildman–Crippen MR) is 116 cm³/mol. The number of carbonyl (C=O) groups is 2. The van der Waals surface area contributed by atoms with E-state index in [0.717, 1.165) is 4.47 Å². The van der Waals surface area contributed by atoms with Crippen LogP contribution in [0.5, 0.6) is 11.5 Å². The van der Waals surface area contributed by atoms with Crippen molar-refractivity contribution >= 4 is 39.1 Å². The number of rotatable bonds is 7. The van der Waals surface area contributed by atoms with E-state index in [4.69, 9.17) is 9.47 Å². The van der Waals surface area contributed by atoms with Crippen LogP contribution >= 0.6 is 15.9 Å². The molecule has 0 bridgehead atoms. The van der Waals surface area contributed by atoms with E-state index in [0.29, 0.717) is 28.4 Å². The summed E-state index contributed by atoms with van der Waals surface area (Å²) < 4.78 is 11.6. The summed E-state index contributed by atoms with van der Waals surface area (Å²) in [5.41, 5.74) is 1.65. The van der Waals surface area contributed by atoms with Crippen LogP contribution in [0, 0.1) is 0 Å². The Hall–Kier alpha value is -3.32. The summed E-state index contributed by atoms with van der Waals surface area (Å²) in [6, 6.07) is 21.0. The van der Waals surface area contributed by atoms with E-state index in [1.165, 1.54) is 7.11 Å². The van der Waals surface area contributed by atoms with E-state index in [-0.39, 0.29) is 18.4 Å².